The molecule has 0 fully saturated rings. The Morgan fingerprint density at radius 1 is 1.24 bits per heavy atom. The highest BCUT2D eigenvalue weighted by Crippen LogP contribution is 2.24. The fourth-order valence-corrected chi connectivity index (χ4v) is 2.83. The quantitative estimate of drug-likeness (QED) is 0.709. The molecule has 2 aromatic heterocycles. The molecule has 0 saturated heterocycles. The van der Waals surface area contributed by atoms with Crippen molar-refractivity contribution in [3.8, 4) is 17.0 Å². The van der Waals surface area contributed by atoms with E-state index in [9.17, 15) is 4.79 Å². The lowest BCUT2D eigenvalue weighted by Gasteiger charge is -2.09. The van der Waals surface area contributed by atoms with E-state index in [1.165, 1.54) is 11.3 Å². The molecule has 0 saturated carbocycles. The maximum atomic E-state index is 12.3. The van der Waals surface area contributed by atoms with Crippen molar-refractivity contribution in [3.05, 3.63) is 59.7 Å². The number of nitrogens with one attached hydrogen (secondary N) is 1. The molecule has 25 heavy (non-hydrogen) atoms. The van der Waals surface area contributed by atoms with E-state index in [1.807, 2.05) is 17.5 Å². The predicted molar refractivity (Wildman–Crippen MR) is 100 cm³/mol. The van der Waals surface area contributed by atoms with Gasteiger partial charge < -0.3 is 4.74 Å². The van der Waals surface area contributed by atoms with Crippen LogP contribution in [0.15, 0.2) is 54.2 Å². The van der Waals surface area contributed by atoms with Crippen LogP contribution in [0.3, 0.4) is 0 Å². The van der Waals surface area contributed by atoms with Crippen LogP contribution in [0, 0.1) is 5.92 Å². The number of thiazole rings is 1. The molecule has 0 aliphatic carbocycles. The number of hydrogen-bond donors (Lipinski definition) is 1. The molecule has 6 heteroatoms. The minimum absolute atomic E-state index is 0.192. The number of carbonyl (C=O) groups is 1. The minimum Gasteiger partial charge on any atom is -0.493 e. The Kier molecular flexibility index (Phi) is 5.40. The highest BCUT2D eigenvalue weighted by Gasteiger charge is 2.10. The van der Waals surface area contributed by atoms with Gasteiger partial charge >= 0.3 is 0 Å². The van der Waals surface area contributed by atoms with Crippen molar-refractivity contribution in [2.75, 3.05) is 11.9 Å². The molecule has 1 N–H and O–H groups in total. The summed E-state index contributed by atoms with van der Waals surface area (Å²) < 4.78 is 5.62. The van der Waals surface area contributed by atoms with Gasteiger partial charge in [-0.1, -0.05) is 13.8 Å². The summed E-state index contributed by atoms with van der Waals surface area (Å²) in [5, 5.41) is 5.28. The number of hydrogen-bond acceptors (Lipinski definition) is 5. The van der Waals surface area contributed by atoms with E-state index in [0.717, 1.165) is 17.0 Å². The van der Waals surface area contributed by atoms with E-state index < -0.39 is 0 Å². The van der Waals surface area contributed by atoms with Crippen LogP contribution >= 0.6 is 11.3 Å². The molecule has 0 radical (unpaired) electrons. The monoisotopic (exact) mass is 353 g/mol. The number of nitrogens with zero attached hydrogens (tertiary/aromatic N) is 2. The van der Waals surface area contributed by atoms with Gasteiger partial charge in [0.05, 0.1) is 12.3 Å². The number of amides is 1. The van der Waals surface area contributed by atoms with E-state index in [1.54, 1.807) is 36.7 Å². The first-order valence-electron chi connectivity index (χ1n) is 8.02. The Bertz CT molecular complexity index is 829. The van der Waals surface area contributed by atoms with E-state index in [4.69, 9.17) is 4.74 Å². The molecule has 1 aromatic carbocycles. The molecule has 0 unspecified atom stereocenters. The van der Waals surface area contributed by atoms with Crippen LogP contribution in [0.25, 0.3) is 11.3 Å². The van der Waals surface area contributed by atoms with Gasteiger partial charge in [0, 0.05) is 28.9 Å². The summed E-state index contributed by atoms with van der Waals surface area (Å²) in [5.41, 5.74) is 2.28. The molecule has 0 bridgehead atoms. The average molecular weight is 353 g/mol. The number of benzene rings is 1. The summed E-state index contributed by atoms with van der Waals surface area (Å²) in [6.07, 6.45) is 3.46. The molecule has 1 amide bonds. The van der Waals surface area contributed by atoms with Crippen molar-refractivity contribution in [1.82, 2.24) is 9.97 Å². The Morgan fingerprint density at radius 3 is 2.72 bits per heavy atom. The van der Waals surface area contributed by atoms with Crippen molar-refractivity contribution in [2.45, 2.75) is 13.8 Å². The van der Waals surface area contributed by atoms with Gasteiger partial charge in [-0.3, -0.25) is 15.1 Å². The molecule has 5 nitrogen and oxygen atoms in total. The zero-order chi connectivity index (χ0) is 17.6. The SMILES string of the molecule is CC(C)COc1ccc(C(=O)Nc2nc(-c3cccnc3)cs2)cc1. The normalized spacial score (nSPS) is 10.7. The fraction of sp³-hybridized carbons (Fsp3) is 0.211. The van der Waals surface area contributed by atoms with E-state index >= 15 is 0 Å². The van der Waals surface area contributed by atoms with Crippen LogP contribution < -0.4 is 10.1 Å². The van der Waals surface area contributed by atoms with Gasteiger partial charge in [-0.2, -0.15) is 0 Å². The predicted octanol–water partition coefficient (Wildman–Crippen LogP) is 4.49. The lowest BCUT2D eigenvalue weighted by atomic mass is 10.2. The van der Waals surface area contributed by atoms with Crippen LogP contribution in [-0.2, 0) is 0 Å². The molecule has 0 aliphatic rings. The Balaban J connectivity index is 1.63. The Hall–Kier alpha value is -2.73. The highest BCUT2D eigenvalue weighted by molar-refractivity contribution is 7.14. The first kappa shape index (κ1) is 17.1. The zero-order valence-corrected chi connectivity index (χ0v) is 14.9. The van der Waals surface area contributed by atoms with E-state index in [2.05, 4.69) is 29.1 Å². The van der Waals surface area contributed by atoms with Crippen molar-refractivity contribution >= 4 is 22.4 Å². The maximum absolute atomic E-state index is 12.3. The Morgan fingerprint density at radius 2 is 2.04 bits per heavy atom. The van der Waals surface area contributed by atoms with Crippen LogP contribution in [-0.4, -0.2) is 22.5 Å². The Labute approximate surface area is 150 Å². The van der Waals surface area contributed by atoms with Crippen LogP contribution in [0.2, 0.25) is 0 Å². The summed E-state index contributed by atoms with van der Waals surface area (Å²) in [6, 6.07) is 10.9. The standard InChI is InChI=1S/C19H19N3O2S/c1-13(2)11-24-16-7-5-14(6-8-16)18(23)22-19-21-17(12-25-19)15-4-3-9-20-10-15/h3-10,12-13H,11H2,1-2H3,(H,21,22,23). The van der Waals surface area contributed by atoms with Gasteiger partial charge in [0.15, 0.2) is 5.13 Å². The maximum Gasteiger partial charge on any atom is 0.257 e. The van der Waals surface area contributed by atoms with Crippen molar-refractivity contribution in [1.29, 1.82) is 0 Å². The third kappa shape index (κ3) is 4.64. The summed E-state index contributed by atoms with van der Waals surface area (Å²) in [5.74, 6) is 1.03. The van der Waals surface area contributed by atoms with Gasteiger partial charge in [0.25, 0.3) is 5.91 Å². The summed E-state index contributed by atoms with van der Waals surface area (Å²) in [4.78, 5) is 20.9. The fourth-order valence-electron chi connectivity index (χ4n) is 2.11. The molecule has 0 atom stereocenters. The van der Waals surface area contributed by atoms with Gasteiger partial charge in [0.2, 0.25) is 0 Å². The third-order valence-electron chi connectivity index (χ3n) is 3.38. The number of ether oxygens (including phenoxy) is 1. The molecule has 128 valence electrons. The van der Waals surface area contributed by atoms with Crippen molar-refractivity contribution in [3.63, 3.8) is 0 Å². The van der Waals surface area contributed by atoms with E-state index in [-0.39, 0.29) is 5.91 Å². The van der Waals surface area contributed by atoms with Gasteiger partial charge in [-0.25, -0.2) is 4.98 Å². The van der Waals surface area contributed by atoms with E-state index in [0.29, 0.717) is 23.2 Å². The van der Waals surface area contributed by atoms with Crippen LogP contribution in [0.4, 0.5) is 5.13 Å². The second-order valence-corrected chi connectivity index (χ2v) is 6.82. The smallest absolute Gasteiger partial charge is 0.257 e. The lowest BCUT2D eigenvalue weighted by Crippen LogP contribution is -2.11. The summed E-state index contributed by atoms with van der Waals surface area (Å²) in [7, 11) is 0. The number of rotatable bonds is 6. The van der Waals surface area contributed by atoms with Crippen LogP contribution in [0.1, 0.15) is 24.2 Å². The van der Waals surface area contributed by atoms with Gasteiger partial charge in [-0.15, -0.1) is 11.3 Å². The largest absolute Gasteiger partial charge is 0.493 e. The third-order valence-corrected chi connectivity index (χ3v) is 4.14. The van der Waals surface area contributed by atoms with Crippen LogP contribution in [0.5, 0.6) is 5.75 Å². The minimum atomic E-state index is -0.192. The first-order chi connectivity index (χ1) is 12.1. The second-order valence-electron chi connectivity index (χ2n) is 5.96. The molecular formula is C19H19N3O2S. The first-order valence-corrected chi connectivity index (χ1v) is 8.90. The van der Waals surface area contributed by atoms with Crippen molar-refractivity contribution in [2.24, 2.45) is 5.92 Å². The molecule has 0 aliphatic heterocycles. The number of aromatic nitrogens is 2. The van der Waals surface area contributed by atoms with Gasteiger partial charge in [0.1, 0.15) is 5.75 Å². The van der Waals surface area contributed by atoms with Crippen molar-refractivity contribution < 1.29 is 9.53 Å². The number of pyridine rings is 1. The molecule has 0 spiro atoms. The summed E-state index contributed by atoms with van der Waals surface area (Å²) >= 11 is 1.39. The van der Waals surface area contributed by atoms with Gasteiger partial charge in [-0.05, 0) is 42.3 Å². The topological polar surface area (TPSA) is 64.1 Å². The lowest BCUT2D eigenvalue weighted by molar-refractivity contribution is 0.102. The number of carbonyl (C=O) groups excluding carboxylic acids is 1. The highest BCUT2D eigenvalue weighted by atomic mass is 32.1. The second kappa shape index (κ2) is 7.90. The molecule has 3 rings (SSSR count). The number of anilines is 1. The molecule has 3 aromatic rings. The molecule has 2 heterocycles. The molecular weight excluding hydrogens is 334 g/mol. The summed E-state index contributed by atoms with van der Waals surface area (Å²) in [6.45, 7) is 4.84. The zero-order valence-electron chi connectivity index (χ0n) is 14.1. The average Bonchev–Trinajstić information content (AvgIpc) is 3.09.